The van der Waals surface area contributed by atoms with Crippen LogP contribution in [0.4, 0.5) is 5.82 Å². The van der Waals surface area contributed by atoms with Crippen molar-refractivity contribution >= 4 is 22.9 Å². The molecule has 12 heteroatoms. The van der Waals surface area contributed by atoms with Crippen LogP contribution in [0, 0.1) is 0 Å². The van der Waals surface area contributed by atoms with Gasteiger partial charge >= 0.3 is 0 Å². The van der Waals surface area contributed by atoms with E-state index in [-0.39, 0.29) is 6.54 Å². The number of nitrogens with zero attached hydrogens (tertiary/aromatic N) is 5. The van der Waals surface area contributed by atoms with Gasteiger partial charge < -0.3 is 36.6 Å². The molecule has 3 heterocycles. The molecule has 12 nitrogen and oxygen atoms in total. The summed E-state index contributed by atoms with van der Waals surface area (Å²) in [7, 11) is 3.67. The maximum atomic E-state index is 12.2. The van der Waals surface area contributed by atoms with E-state index in [0.717, 1.165) is 0 Å². The molecule has 1 saturated heterocycles. The number of rotatable bonds is 7. The van der Waals surface area contributed by atoms with Gasteiger partial charge in [-0.2, -0.15) is 0 Å². The van der Waals surface area contributed by atoms with Crippen LogP contribution < -0.4 is 21.7 Å². The summed E-state index contributed by atoms with van der Waals surface area (Å²) in [5, 5.41) is 23.1. The van der Waals surface area contributed by atoms with Crippen molar-refractivity contribution in [3.05, 3.63) is 12.7 Å². The molecule has 0 aliphatic carbocycles. The molecule has 0 saturated carbocycles. The second-order valence-electron chi connectivity index (χ2n) is 6.87. The fraction of sp³-hybridized carbons (Fsp3) is 0.625. The van der Waals surface area contributed by atoms with E-state index in [0.29, 0.717) is 23.4 Å². The van der Waals surface area contributed by atoms with Gasteiger partial charge in [0.05, 0.1) is 25.0 Å². The maximum Gasteiger partial charge on any atom is 0.237 e. The van der Waals surface area contributed by atoms with Crippen molar-refractivity contribution in [2.45, 2.75) is 36.9 Å². The summed E-state index contributed by atoms with van der Waals surface area (Å²) in [6.07, 6.45) is 0.315. The molecule has 1 fully saturated rings. The fourth-order valence-electron chi connectivity index (χ4n) is 3.24. The number of fused-ring (bicyclic) bond motifs is 1. The number of carbonyl (C=O) groups is 1. The van der Waals surface area contributed by atoms with Crippen LogP contribution in [0.5, 0.6) is 0 Å². The highest BCUT2D eigenvalue weighted by atomic mass is 16.5. The minimum atomic E-state index is -1.15. The minimum Gasteiger partial charge on any atom is -0.394 e. The Morgan fingerprint density at radius 1 is 1.43 bits per heavy atom. The molecular formula is C16H26N8O4. The lowest BCUT2D eigenvalue weighted by molar-refractivity contribution is -0.124. The van der Waals surface area contributed by atoms with Crippen molar-refractivity contribution in [2.24, 2.45) is 11.5 Å². The zero-order chi connectivity index (χ0) is 20.4. The number of hydrogen-bond donors (Lipinski definition) is 5. The summed E-state index contributed by atoms with van der Waals surface area (Å²) in [5.74, 6) is 0.150. The van der Waals surface area contributed by atoms with Crippen LogP contribution in [0.15, 0.2) is 12.7 Å². The number of imidazole rings is 1. The van der Waals surface area contributed by atoms with Crippen LogP contribution in [-0.4, -0.2) is 87.2 Å². The van der Waals surface area contributed by atoms with Gasteiger partial charge in [-0.05, 0) is 13.0 Å². The molecule has 7 N–H and O–H groups in total. The number of nitrogens with two attached hydrogens (primary N) is 2. The van der Waals surface area contributed by atoms with E-state index >= 15 is 0 Å². The third kappa shape index (κ3) is 3.64. The van der Waals surface area contributed by atoms with Crippen molar-refractivity contribution in [3.63, 3.8) is 0 Å². The average Bonchev–Trinajstić information content (AvgIpc) is 3.23. The van der Waals surface area contributed by atoms with Gasteiger partial charge in [0.1, 0.15) is 18.5 Å². The first-order valence-corrected chi connectivity index (χ1v) is 8.94. The number of aromatic nitrogens is 4. The predicted octanol–water partition coefficient (Wildman–Crippen LogP) is -2.70. The highest BCUT2D eigenvalue weighted by Crippen LogP contribution is 2.32. The molecule has 5 atom stereocenters. The summed E-state index contributed by atoms with van der Waals surface area (Å²) < 4.78 is 7.36. The number of carbonyl (C=O) groups excluding carboxylic acids is 1. The quantitative estimate of drug-likeness (QED) is 0.332. The molecule has 154 valence electrons. The number of aliphatic hydroxyl groups excluding tert-OH is 2. The van der Waals surface area contributed by atoms with E-state index in [1.807, 2.05) is 14.1 Å². The lowest BCUT2D eigenvalue weighted by Crippen LogP contribution is -2.53. The Morgan fingerprint density at radius 2 is 2.18 bits per heavy atom. The normalized spacial score (nSPS) is 25.8. The Hall–Kier alpha value is -2.38. The molecule has 3 rings (SSSR count). The smallest absolute Gasteiger partial charge is 0.237 e. The number of hydrogen-bond acceptors (Lipinski definition) is 10. The van der Waals surface area contributed by atoms with Crippen LogP contribution in [-0.2, 0) is 9.53 Å². The Kier molecular flexibility index (Phi) is 6.05. The summed E-state index contributed by atoms with van der Waals surface area (Å²) in [6, 6.07) is -1.65. The van der Waals surface area contributed by atoms with E-state index < -0.39 is 43.0 Å². The minimum absolute atomic E-state index is 0.263. The van der Waals surface area contributed by atoms with Gasteiger partial charge in [-0.1, -0.05) is 0 Å². The van der Waals surface area contributed by atoms with Crippen LogP contribution in [0.25, 0.3) is 11.2 Å². The third-order valence-corrected chi connectivity index (χ3v) is 4.72. The molecular weight excluding hydrogens is 368 g/mol. The molecule has 5 unspecified atom stereocenters. The molecule has 0 radical (unpaired) electrons. The Balaban J connectivity index is 1.87. The monoisotopic (exact) mass is 394 g/mol. The zero-order valence-electron chi connectivity index (χ0n) is 15.8. The Morgan fingerprint density at radius 3 is 2.82 bits per heavy atom. The molecule has 28 heavy (non-hydrogen) atoms. The molecule has 2 aromatic heterocycles. The summed E-state index contributed by atoms with van der Waals surface area (Å²) in [6.45, 7) is -0.130. The summed E-state index contributed by atoms with van der Waals surface area (Å²) >= 11 is 0. The average molecular weight is 394 g/mol. The zero-order valence-corrected chi connectivity index (χ0v) is 15.8. The van der Waals surface area contributed by atoms with Crippen molar-refractivity contribution < 1.29 is 19.7 Å². The molecule has 0 spiro atoms. The lowest BCUT2D eigenvalue weighted by atomic mass is 10.1. The third-order valence-electron chi connectivity index (χ3n) is 4.72. The number of anilines is 1. The molecule has 1 aliphatic heterocycles. The van der Waals surface area contributed by atoms with Gasteiger partial charge in [-0.25, -0.2) is 15.0 Å². The van der Waals surface area contributed by atoms with Gasteiger partial charge in [0.25, 0.3) is 0 Å². The van der Waals surface area contributed by atoms with Gasteiger partial charge in [0.2, 0.25) is 5.91 Å². The molecule has 0 aromatic carbocycles. The van der Waals surface area contributed by atoms with Crippen molar-refractivity contribution in [1.82, 2.24) is 24.8 Å². The van der Waals surface area contributed by atoms with Gasteiger partial charge in [0, 0.05) is 14.1 Å². The van der Waals surface area contributed by atoms with Gasteiger partial charge in [-0.3, -0.25) is 9.36 Å². The van der Waals surface area contributed by atoms with Crippen LogP contribution in [0.1, 0.15) is 12.6 Å². The van der Waals surface area contributed by atoms with E-state index in [4.69, 9.17) is 16.2 Å². The van der Waals surface area contributed by atoms with Crippen LogP contribution >= 0.6 is 0 Å². The first-order chi connectivity index (χ1) is 13.4. The molecule has 2 aromatic rings. The number of ether oxygens (including phenoxy) is 1. The Bertz CT molecular complexity index is 828. The highest BCUT2D eigenvalue weighted by molar-refractivity contribution is 5.83. The summed E-state index contributed by atoms with van der Waals surface area (Å²) in [4.78, 5) is 26.8. The molecule has 1 aliphatic rings. The number of nitrogens with one attached hydrogen (secondary N) is 1. The second kappa shape index (κ2) is 8.32. The largest absolute Gasteiger partial charge is 0.394 e. The number of amides is 1. The molecule has 1 amide bonds. The van der Waals surface area contributed by atoms with Gasteiger partial charge in [-0.15, -0.1) is 0 Å². The van der Waals surface area contributed by atoms with Crippen LogP contribution in [0.3, 0.4) is 0 Å². The van der Waals surface area contributed by atoms with Crippen molar-refractivity contribution in [1.29, 1.82) is 0 Å². The number of aliphatic hydroxyl groups is 2. The van der Waals surface area contributed by atoms with Crippen molar-refractivity contribution in [3.8, 4) is 0 Å². The maximum absolute atomic E-state index is 12.2. The van der Waals surface area contributed by atoms with Crippen LogP contribution in [0.2, 0.25) is 0 Å². The highest BCUT2D eigenvalue weighted by Gasteiger charge is 2.46. The Labute approximate surface area is 161 Å². The SMILES string of the molecule is CN(C)c1ncnc2c1ncn2C1OC(CO)C(NC(=O)C(N)CCN)C1O. The van der Waals surface area contributed by atoms with E-state index in [2.05, 4.69) is 20.3 Å². The van der Waals surface area contributed by atoms with E-state index in [1.165, 1.54) is 12.7 Å². The van der Waals surface area contributed by atoms with E-state index in [9.17, 15) is 15.0 Å². The lowest BCUT2D eigenvalue weighted by Gasteiger charge is -2.22. The van der Waals surface area contributed by atoms with E-state index in [1.54, 1.807) is 9.47 Å². The standard InChI is InChI=1S/C16H26N8O4/c1-23(2)13-11-14(20-6-19-13)24(7-21-11)16-12(26)10(9(5-25)28-16)22-15(27)8(18)3-4-17/h6-10,12,16,25-26H,3-5,17-18H2,1-2H3,(H,22,27). The first kappa shape index (κ1) is 20.4. The molecule has 0 bridgehead atoms. The first-order valence-electron chi connectivity index (χ1n) is 8.94. The fourth-order valence-corrected chi connectivity index (χ4v) is 3.24. The van der Waals surface area contributed by atoms with Gasteiger partial charge in [0.15, 0.2) is 23.2 Å². The predicted molar refractivity (Wildman–Crippen MR) is 100 cm³/mol. The summed E-state index contributed by atoms with van der Waals surface area (Å²) in [5.41, 5.74) is 12.2. The topological polar surface area (TPSA) is 178 Å². The second-order valence-corrected chi connectivity index (χ2v) is 6.87. The van der Waals surface area contributed by atoms with Crippen molar-refractivity contribution in [2.75, 3.05) is 32.1 Å².